The van der Waals surface area contributed by atoms with E-state index in [4.69, 9.17) is 4.74 Å². The van der Waals surface area contributed by atoms with Crippen molar-refractivity contribution in [2.24, 2.45) is 71.0 Å². The molecule has 8 saturated carbocycles. The molecule has 3 heteroatoms. The molecule has 0 aromatic heterocycles. The van der Waals surface area contributed by atoms with Gasteiger partial charge < -0.3 is 4.74 Å². The first-order valence-electron chi connectivity index (χ1n) is 24.4. The van der Waals surface area contributed by atoms with Gasteiger partial charge in [-0.3, -0.25) is 4.90 Å². The highest BCUT2D eigenvalue weighted by Crippen LogP contribution is 2.64. The maximum Gasteiger partial charge on any atom is 0.0621 e. The first-order valence-corrected chi connectivity index (χ1v) is 25.3. The van der Waals surface area contributed by atoms with Crippen molar-refractivity contribution in [3.8, 4) is 0 Å². The van der Waals surface area contributed by atoms with Crippen molar-refractivity contribution in [2.45, 2.75) is 227 Å². The Hall–Kier alpha value is 0.270. The van der Waals surface area contributed by atoms with Gasteiger partial charge in [-0.2, -0.15) is 11.8 Å². The monoisotopic (exact) mass is 716 g/mol. The Morgan fingerprint density at radius 3 is 1.67 bits per heavy atom. The Morgan fingerprint density at radius 2 is 0.941 bits per heavy atom. The minimum atomic E-state index is 0.627. The highest BCUT2D eigenvalue weighted by atomic mass is 32.2. The third-order valence-corrected chi connectivity index (χ3v) is 21.9. The lowest BCUT2D eigenvalue weighted by Gasteiger charge is -2.48. The van der Waals surface area contributed by atoms with Crippen molar-refractivity contribution >= 4 is 11.8 Å². The predicted molar refractivity (Wildman–Crippen MR) is 213 cm³/mol. The van der Waals surface area contributed by atoms with Crippen LogP contribution in [0.15, 0.2) is 0 Å². The number of likely N-dealkylation sites (tertiary alicyclic amines) is 1. The van der Waals surface area contributed by atoms with E-state index in [1.165, 1.54) is 51.4 Å². The highest BCUT2D eigenvalue weighted by molar-refractivity contribution is 8.00. The van der Waals surface area contributed by atoms with Crippen molar-refractivity contribution in [1.82, 2.24) is 4.90 Å². The summed E-state index contributed by atoms with van der Waals surface area (Å²) in [5, 5.41) is 1.94. The van der Waals surface area contributed by atoms with E-state index in [1.807, 2.05) is 0 Å². The Morgan fingerprint density at radius 1 is 0.353 bits per heavy atom. The van der Waals surface area contributed by atoms with Gasteiger partial charge in [0, 0.05) is 34.5 Å². The summed E-state index contributed by atoms with van der Waals surface area (Å²) in [6, 6.07) is 2.84. The quantitative estimate of drug-likeness (QED) is 0.287. The van der Waals surface area contributed by atoms with Crippen LogP contribution in [0.3, 0.4) is 0 Å². The molecule has 0 spiro atoms. The van der Waals surface area contributed by atoms with Crippen LogP contribution in [0, 0.1) is 71.0 Å². The molecular formula is C48H77NOS. The van der Waals surface area contributed by atoms with Gasteiger partial charge >= 0.3 is 0 Å². The second-order valence-electron chi connectivity index (χ2n) is 21.7. The lowest BCUT2D eigenvalue weighted by Crippen LogP contribution is -2.50. The Labute approximate surface area is 318 Å². The molecule has 0 aromatic rings. The van der Waals surface area contributed by atoms with Gasteiger partial charge in [0.2, 0.25) is 0 Å². The molecule has 51 heavy (non-hydrogen) atoms. The molecule has 11 fully saturated rings. The van der Waals surface area contributed by atoms with Gasteiger partial charge in [0.25, 0.3) is 0 Å². The van der Waals surface area contributed by atoms with Crippen LogP contribution in [-0.4, -0.2) is 45.7 Å². The molecule has 17 atom stereocenters. The van der Waals surface area contributed by atoms with E-state index in [0.29, 0.717) is 12.2 Å². The van der Waals surface area contributed by atoms with E-state index in [1.54, 1.807) is 135 Å². The number of fused-ring (bicyclic) bond motifs is 10. The van der Waals surface area contributed by atoms with E-state index >= 15 is 0 Å². The van der Waals surface area contributed by atoms with Crippen LogP contribution >= 0.6 is 11.8 Å². The molecule has 8 aliphatic carbocycles. The van der Waals surface area contributed by atoms with Gasteiger partial charge in [0.1, 0.15) is 0 Å². The number of thioether (sulfide) groups is 1. The first kappa shape index (κ1) is 34.5. The number of hydrogen-bond acceptors (Lipinski definition) is 3. The Bertz CT molecular complexity index is 1150. The van der Waals surface area contributed by atoms with E-state index in [-0.39, 0.29) is 0 Å². The number of hydrogen-bond donors (Lipinski definition) is 0. The zero-order valence-electron chi connectivity index (χ0n) is 32.7. The van der Waals surface area contributed by atoms with E-state index in [2.05, 4.69) is 16.7 Å². The maximum atomic E-state index is 6.89. The smallest absolute Gasteiger partial charge is 0.0621 e. The molecule has 3 heterocycles. The largest absolute Gasteiger partial charge is 0.374 e. The Balaban J connectivity index is 0.820. The van der Waals surface area contributed by atoms with Crippen molar-refractivity contribution in [3.63, 3.8) is 0 Å². The zero-order valence-corrected chi connectivity index (χ0v) is 33.6. The van der Waals surface area contributed by atoms with Crippen molar-refractivity contribution < 1.29 is 4.74 Å². The topological polar surface area (TPSA) is 12.5 Å². The third-order valence-electron chi connectivity index (χ3n) is 19.9. The van der Waals surface area contributed by atoms with E-state index in [9.17, 15) is 0 Å². The summed E-state index contributed by atoms with van der Waals surface area (Å²) in [5.74, 6) is 12.4. The summed E-state index contributed by atoms with van der Waals surface area (Å²) >= 11 is 2.62. The van der Waals surface area contributed by atoms with Crippen LogP contribution in [0.25, 0.3) is 0 Å². The van der Waals surface area contributed by atoms with E-state index < -0.39 is 0 Å². The second kappa shape index (κ2) is 14.6. The van der Waals surface area contributed by atoms with Crippen molar-refractivity contribution in [3.05, 3.63) is 0 Å². The molecular weight excluding hydrogens is 639 g/mol. The lowest BCUT2D eigenvalue weighted by atomic mass is 9.62. The minimum absolute atomic E-state index is 0.627. The molecule has 0 bridgehead atoms. The van der Waals surface area contributed by atoms with Gasteiger partial charge in [-0.25, -0.2) is 0 Å². The SMILES string of the molecule is C1CCC(C2CCC3C(C2)C2CC(C4CCCCC4)CCC2N3C2CCCC(C3CCCC4C5CCC6OC7CCCCC7C6C5SC34)C2)CC1. The summed E-state index contributed by atoms with van der Waals surface area (Å²) in [7, 11) is 0. The average molecular weight is 716 g/mol. The molecule has 0 aromatic carbocycles. The van der Waals surface area contributed by atoms with Crippen molar-refractivity contribution in [1.29, 1.82) is 0 Å². The molecule has 0 N–H and O–H groups in total. The molecule has 286 valence electrons. The summed E-state index contributed by atoms with van der Waals surface area (Å²) < 4.78 is 6.89. The fourth-order valence-electron chi connectivity index (χ4n) is 17.9. The van der Waals surface area contributed by atoms with Crippen LogP contribution in [0.2, 0.25) is 0 Å². The number of nitrogens with zero attached hydrogens (tertiary/aromatic N) is 1. The molecule has 3 aliphatic heterocycles. The normalized spacial score (nSPS) is 53.8. The van der Waals surface area contributed by atoms with Gasteiger partial charge in [-0.15, -0.1) is 0 Å². The van der Waals surface area contributed by atoms with Gasteiger partial charge in [-0.1, -0.05) is 96.3 Å². The summed E-state index contributed by atoms with van der Waals surface area (Å²) in [4.78, 5) is 3.42. The minimum Gasteiger partial charge on any atom is -0.374 e. The zero-order chi connectivity index (χ0) is 33.5. The highest BCUT2D eigenvalue weighted by Gasteiger charge is 2.61. The van der Waals surface area contributed by atoms with Crippen LogP contribution in [0.1, 0.15) is 186 Å². The van der Waals surface area contributed by atoms with Crippen LogP contribution < -0.4 is 0 Å². The molecule has 0 radical (unpaired) electrons. The molecule has 3 saturated heterocycles. The molecule has 11 aliphatic rings. The van der Waals surface area contributed by atoms with Gasteiger partial charge in [0.15, 0.2) is 0 Å². The van der Waals surface area contributed by atoms with Crippen molar-refractivity contribution in [2.75, 3.05) is 0 Å². The lowest BCUT2D eigenvalue weighted by molar-refractivity contribution is -0.00384. The van der Waals surface area contributed by atoms with Crippen LogP contribution in [0.4, 0.5) is 0 Å². The van der Waals surface area contributed by atoms with Gasteiger partial charge in [0.05, 0.1) is 12.2 Å². The van der Waals surface area contributed by atoms with Gasteiger partial charge in [-0.05, 0) is 155 Å². The summed E-state index contributed by atoms with van der Waals surface area (Å²) in [6.07, 6.45) is 46.0. The number of rotatable bonds is 4. The van der Waals surface area contributed by atoms with Crippen LogP contribution in [0.5, 0.6) is 0 Å². The van der Waals surface area contributed by atoms with Crippen LogP contribution in [-0.2, 0) is 4.74 Å². The summed E-state index contributed by atoms with van der Waals surface area (Å²) in [6.45, 7) is 0. The molecule has 17 unspecified atom stereocenters. The first-order chi connectivity index (χ1) is 25.3. The number of ether oxygens (including phenoxy) is 1. The predicted octanol–water partition coefficient (Wildman–Crippen LogP) is 12.5. The average Bonchev–Trinajstić information content (AvgIpc) is 3.87. The molecule has 11 rings (SSSR count). The fourth-order valence-corrected chi connectivity index (χ4v) is 20.5. The maximum absolute atomic E-state index is 6.89. The second-order valence-corrected chi connectivity index (χ2v) is 23.1. The molecule has 2 nitrogen and oxygen atoms in total. The third kappa shape index (κ3) is 6.13. The summed E-state index contributed by atoms with van der Waals surface area (Å²) in [5.41, 5.74) is 0. The Kier molecular flexibility index (Phi) is 9.91. The fraction of sp³-hybridized carbons (Fsp3) is 1.00. The van der Waals surface area contributed by atoms with E-state index in [0.717, 1.165) is 99.6 Å². The molecule has 0 amide bonds. The standard InChI is InChI=1S/C48H77NOS/c1-3-11-30(12-4-1)32-21-24-42-40(28-32)41-29-33(31-13-5-2-6-14-31)22-25-43(41)49(42)35-16-9-15-34(27-35)36-18-10-19-37-38-23-26-45-46(48(38)51-47(36)37)39-17-7-8-20-44(39)50-45/h30-48H,1-29H2.